The molecule has 0 aliphatic carbocycles. The molecule has 0 spiro atoms. The van der Waals surface area contributed by atoms with E-state index in [0.29, 0.717) is 25.7 Å². The highest BCUT2D eigenvalue weighted by molar-refractivity contribution is 14.0. The number of nitrogens with one attached hydrogen (secondary N) is 2. The van der Waals surface area contributed by atoms with Crippen LogP contribution in [0.15, 0.2) is 29.3 Å². The van der Waals surface area contributed by atoms with Gasteiger partial charge in [0.15, 0.2) is 5.96 Å². The Hall–Kier alpha value is -0.870. The van der Waals surface area contributed by atoms with Gasteiger partial charge in [-0.3, -0.25) is 4.99 Å². The summed E-state index contributed by atoms with van der Waals surface area (Å²) in [5.74, 6) is 0.737. The number of halogens is 1. The highest BCUT2D eigenvalue weighted by Crippen LogP contribution is 2.02. The predicted octanol–water partition coefficient (Wildman–Crippen LogP) is 1.34. The average molecular weight is 455 g/mol. The van der Waals surface area contributed by atoms with E-state index in [1.54, 1.807) is 7.05 Å². The summed E-state index contributed by atoms with van der Waals surface area (Å²) < 4.78 is 27.1. The molecule has 132 valence electrons. The minimum absolute atomic E-state index is 0. The zero-order chi connectivity index (χ0) is 16.4. The van der Waals surface area contributed by atoms with Gasteiger partial charge in [0.1, 0.15) is 9.84 Å². The third-order valence-electron chi connectivity index (χ3n) is 2.90. The van der Waals surface area contributed by atoms with Crippen LogP contribution in [-0.4, -0.2) is 53.2 Å². The van der Waals surface area contributed by atoms with Gasteiger partial charge in [0.2, 0.25) is 0 Å². The van der Waals surface area contributed by atoms with Gasteiger partial charge in [0.25, 0.3) is 0 Å². The standard InChI is InChI=1S/C15H25N3O3S.HI/c1-13-5-4-6-14(11-13)12-18-15(16-2)17-7-8-21-9-10-22(3,19)20;/h4-6,11H,7-10,12H2,1-3H3,(H2,16,17,18);1H. The van der Waals surface area contributed by atoms with Crippen LogP contribution >= 0.6 is 24.0 Å². The Balaban J connectivity index is 0.00000484. The van der Waals surface area contributed by atoms with Crippen molar-refractivity contribution < 1.29 is 13.2 Å². The molecule has 0 radical (unpaired) electrons. The lowest BCUT2D eigenvalue weighted by Gasteiger charge is -2.12. The Labute approximate surface area is 156 Å². The van der Waals surface area contributed by atoms with Gasteiger partial charge in [-0.15, -0.1) is 24.0 Å². The maximum absolute atomic E-state index is 10.9. The Morgan fingerprint density at radius 3 is 2.61 bits per heavy atom. The molecule has 0 fully saturated rings. The van der Waals surface area contributed by atoms with Crippen molar-refractivity contribution in [3.05, 3.63) is 35.4 Å². The van der Waals surface area contributed by atoms with Crippen molar-refractivity contribution in [2.75, 3.05) is 38.8 Å². The number of rotatable bonds is 8. The molecule has 0 heterocycles. The van der Waals surface area contributed by atoms with Crippen LogP contribution < -0.4 is 10.6 Å². The van der Waals surface area contributed by atoms with Crippen LogP contribution in [0.3, 0.4) is 0 Å². The Kier molecular flexibility index (Phi) is 11.2. The maximum atomic E-state index is 10.9. The molecule has 6 nitrogen and oxygen atoms in total. The molecule has 0 aliphatic heterocycles. The molecule has 0 aromatic heterocycles. The van der Waals surface area contributed by atoms with Gasteiger partial charge < -0.3 is 15.4 Å². The van der Waals surface area contributed by atoms with Crippen molar-refractivity contribution in [2.24, 2.45) is 4.99 Å². The van der Waals surface area contributed by atoms with Gasteiger partial charge >= 0.3 is 0 Å². The zero-order valence-corrected chi connectivity index (χ0v) is 17.0. The maximum Gasteiger partial charge on any atom is 0.191 e. The Morgan fingerprint density at radius 1 is 1.26 bits per heavy atom. The average Bonchev–Trinajstić information content (AvgIpc) is 2.44. The number of nitrogens with zero attached hydrogens (tertiary/aromatic N) is 1. The molecule has 0 atom stereocenters. The summed E-state index contributed by atoms with van der Waals surface area (Å²) in [4.78, 5) is 4.13. The van der Waals surface area contributed by atoms with E-state index >= 15 is 0 Å². The van der Waals surface area contributed by atoms with Crippen molar-refractivity contribution in [3.8, 4) is 0 Å². The van der Waals surface area contributed by atoms with E-state index in [4.69, 9.17) is 4.74 Å². The first-order valence-corrected chi connectivity index (χ1v) is 9.22. The molecule has 8 heteroatoms. The molecule has 0 saturated carbocycles. The fourth-order valence-electron chi connectivity index (χ4n) is 1.78. The Morgan fingerprint density at radius 2 is 2.00 bits per heavy atom. The van der Waals surface area contributed by atoms with Crippen LogP contribution in [0.1, 0.15) is 11.1 Å². The van der Waals surface area contributed by atoms with Crippen molar-refractivity contribution in [1.82, 2.24) is 10.6 Å². The van der Waals surface area contributed by atoms with Crippen LogP contribution in [0.25, 0.3) is 0 Å². The number of aliphatic imine (C=N–C) groups is 1. The van der Waals surface area contributed by atoms with E-state index in [0.717, 1.165) is 0 Å². The SMILES string of the molecule is CN=C(NCCOCCS(C)(=O)=O)NCc1cccc(C)c1.I. The number of benzene rings is 1. The van der Waals surface area contributed by atoms with Gasteiger partial charge in [-0.05, 0) is 12.5 Å². The fourth-order valence-corrected chi connectivity index (χ4v) is 2.20. The minimum atomic E-state index is -2.96. The highest BCUT2D eigenvalue weighted by Gasteiger charge is 2.02. The van der Waals surface area contributed by atoms with Gasteiger partial charge in [0.05, 0.1) is 19.0 Å². The molecule has 0 amide bonds. The summed E-state index contributed by atoms with van der Waals surface area (Å²) in [5.41, 5.74) is 2.41. The van der Waals surface area contributed by atoms with E-state index in [1.165, 1.54) is 17.4 Å². The predicted molar refractivity (Wildman–Crippen MR) is 105 cm³/mol. The number of hydrogen-bond acceptors (Lipinski definition) is 4. The lowest BCUT2D eigenvalue weighted by Crippen LogP contribution is -2.38. The van der Waals surface area contributed by atoms with E-state index < -0.39 is 9.84 Å². The molecule has 1 aromatic rings. The van der Waals surface area contributed by atoms with Gasteiger partial charge in [-0.25, -0.2) is 8.42 Å². The monoisotopic (exact) mass is 455 g/mol. The van der Waals surface area contributed by atoms with E-state index in [2.05, 4.69) is 40.7 Å². The molecule has 0 bridgehead atoms. The van der Waals surface area contributed by atoms with E-state index in [-0.39, 0.29) is 36.3 Å². The molecule has 1 rings (SSSR count). The highest BCUT2D eigenvalue weighted by atomic mass is 127. The summed E-state index contributed by atoms with van der Waals surface area (Å²) >= 11 is 0. The first kappa shape index (κ1) is 22.1. The molecular formula is C15H26IN3O3S. The summed E-state index contributed by atoms with van der Waals surface area (Å²) in [7, 11) is -1.25. The third-order valence-corrected chi connectivity index (χ3v) is 3.81. The molecule has 23 heavy (non-hydrogen) atoms. The first-order chi connectivity index (χ1) is 10.4. The minimum Gasteiger partial charge on any atom is -0.379 e. The second kappa shape index (κ2) is 11.6. The quantitative estimate of drug-likeness (QED) is 0.268. The zero-order valence-electron chi connectivity index (χ0n) is 13.8. The second-order valence-corrected chi connectivity index (χ2v) is 7.34. The lowest BCUT2D eigenvalue weighted by molar-refractivity contribution is 0.154. The Bertz CT molecular complexity index is 591. The normalized spacial score (nSPS) is 11.7. The number of hydrogen-bond donors (Lipinski definition) is 2. The number of sulfone groups is 1. The van der Waals surface area contributed by atoms with E-state index in [9.17, 15) is 8.42 Å². The summed E-state index contributed by atoms with van der Waals surface area (Å²) in [6.07, 6.45) is 1.20. The molecule has 1 aromatic carbocycles. The van der Waals surface area contributed by atoms with Crippen LogP contribution in [0.4, 0.5) is 0 Å². The molecule has 0 saturated heterocycles. The van der Waals surface area contributed by atoms with Crippen molar-refractivity contribution in [3.63, 3.8) is 0 Å². The number of aryl methyl sites for hydroxylation is 1. The van der Waals surface area contributed by atoms with Crippen molar-refractivity contribution in [1.29, 1.82) is 0 Å². The van der Waals surface area contributed by atoms with E-state index in [1.807, 2.05) is 6.07 Å². The van der Waals surface area contributed by atoms with Gasteiger partial charge in [0, 0.05) is 26.4 Å². The molecule has 2 N–H and O–H groups in total. The lowest BCUT2D eigenvalue weighted by atomic mass is 10.1. The van der Waals surface area contributed by atoms with Crippen LogP contribution in [0, 0.1) is 6.92 Å². The van der Waals surface area contributed by atoms with Crippen LogP contribution in [0.2, 0.25) is 0 Å². The summed E-state index contributed by atoms with van der Waals surface area (Å²) in [5, 5.41) is 6.33. The second-order valence-electron chi connectivity index (χ2n) is 5.08. The smallest absolute Gasteiger partial charge is 0.191 e. The van der Waals surface area contributed by atoms with Crippen LogP contribution in [-0.2, 0) is 21.1 Å². The van der Waals surface area contributed by atoms with Gasteiger partial charge in [-0.1, -0.05) is 29.8 Å². The van der Waals surface area contributed by atoms with Gasteiger partial charge in [-0.2, -0.15) is 0 Å². The molecular weight excluding hydrogens is 429 g/mol. The third kappa shape index (κ3) is 11.3. The number of ether oxygens (including phenoxy) is 1. The molecule has 0 unspecified atom stereocenters. The van der Waals surface area contributed by atoms with Crippen molar-refractivity contribution in [2.45, 2.75) is 13.5 Å². The van der Waals surface area contributed by atoms with Crippen molar-refractivity contribution >= 4 is 39.8 Å². The van der Waals surface area contributed by atoms with Crippen LogP contribution in [0.5, 0.6) is 0 Å². The largest absolute Gasteiger partial charge is 0.379 e. The molecule has 0 aliphatic rings. The fraction of sp³-hybridized carbons (Fsp3) is 0.533. The number of guanidine groups is 1. The summed E-state index contributed by atoms with van der Waals surface area (Å²) in [6, 6.07) is 8.26. The summed E-state index contributed by atoms with van der Waals surface area (Å²) in [6.45, 7) is 3.97. The topological polar surface area (TPSA) is 79.8 Å². The first-order valence-electron chi connectivity index (χ1n) is 7.16.